The lowest BCUT2D eigenvalue weighted by Crippen LogP contribution is -2.58. The molecule has 146 valence electrons. The Morgan fingerprint density at radius 2 is 2.15 bits per heavy atom. The Morgan fingerprint density at radius 1 is 1.30 bits per heavy atom. The van der Waals surface area contributed by atoms with Gasteiger partial charge in [-0.15, -0.1) is 5.10 Å². The third kappa shape index (κ3) is 4.16. The zero-order valence-corrected chi connectivity index (χ0v) is 15.6. The quantitative estimate of drug-likeness (QED) is 0.726. The zero-order chi connectivity index (χ0) is 18.7. The Hall–Kier alpha value is -2.33. The van der Waals surface area contributed by atoms with Crippen LogP contribution in [-0.4, -0.2) is 79.5 Å². The fourth-order valence-electron chi connectivity index (χ4n) is 3.79. The van der Waals surface area contributed by atoms with Crippen LogP contribution in [0.2, 0.25) is 0 Å². The number of aryl methyl sites for hydroxylation is 1. The maximum atomic E-state index is 12.6. The molecule has 1 amide bonds. The van der Waals surface area contributed by atoms with E-state index in [2.05, 4.69) is 32.5 Å². The number of morpholine rings is 1. The molecule has 4 rings (SSSR count). The number of hydrogen-bond donors (Lipinski definition) is 0. The largest absolute Gasteiger partial charge is 0.371 e. The van der Waals surface area contributed by atoms with Crippen LogP contribution < -0.4 is 0 Å². The summed E-state index contributed by atoms with van der Waals surface area (Å²) in [6.45, 7) is 6.65. The first-order chi connectivity index (χ1) is 13.2. The van der Waals surface area contributed by atoms with Gasteiger partial charge in [-0.3, -0.25) is 9.69 Å². The van der Waals surface area contributed by atoms with Gasteiger partial charge in [0.2, 0.25) is 5.91 Å². The lowest BCUT2D eigenvalue weighted by Gasteiger charge is -2.47. The molecule has 0 saturated carbocycles. The summed E-state index contributed by atoms with van der Waals surface area (Å²) in [6, 6.07) is 2.03. The predicted molar refractivity (Wildman–Crippen MR) is 93.5 cm³/mol. The lowest BCUT2D eigenvalue weighted by molar-refractivity contribution is -0.160. The topological polar surface area (TPSA) is 102 Å². The molecule has 0 bridgehead atoms. The van der Waals surface area contributed by atoms with Crippen LogP contribution in [0.15, 0.2) is 16.9 Å². The molecule has 2 saturated heterocycles. The van der Waals surface area contributed by atoms with Crippen molar-refractivity contribution in [2.75, 3.05) is 32.8 Å². The van der Waals surface area contributed by atoms with Gasteiger partial charge in [-0.1, -0.05) is 12.1 Å². The van der Waals surface area contributed by atoms with E-state index in [1.165, 1.54) is 11.0 Å². The number of likely N-dealkylation sites (tertiary alicyclic amines) is 1. The summed E-state index contributed by atoms with van der Waals surface area (Å²) >= 11 is 0. The molecule has 2 aliphatic heterocycles. The Kier molecular flexibility index (Phi) is 5.17. The SMILES string of the molecule is CCc1cc(CN2CCC3(CC2)CN(C(=O)Cn2cnnn2)CCO3)on1. The van der Waals surface area contributed by atoms with E-state index in [1.807, 2.05) is 11.0 Å². The van der Waals surface area contributed by atoms with Crippen LogP contribution >= 0.6 is 0 Å². The smallest absolute Gasteiger partial charge is 0.244 e. The standard InChI is InChI=1S/C17H25N7O3/c1-2-14-9-15(27-19-14)10-22-5-3-17(4-6-22)12-23(7-8-26-17)16(25)11-24-13-18-20-21-24/h9,13H,2-8,10-12H2,1H3. The van der Waals surface area contributed by atoms with Gasteiger partial charge in [0.25, 0.3) is 0 Å². The van der Waals surface area contributed by atoms with E-state index in [0.29, 0.717) is 19.7 Å². The molecule has 0 aromatic carbocycles. The highest BCUT2D eigenvalue weighted by molar-refractivity contribution is 5.76. The number of aromatic nitrogens is 5. The number of amides is 1. The summed E-state index contributed by atoms with van der Waals surface area (Å²) in [5.74, 6) is 0.937. The van der Waals surface area contributed by atoms with E-state index in [4.69, 9.17) is 9.26 Å². The van der Waals surface area contributed by atoms with E-state index in [-0.39, 0.29) is 18.1 Å². The number of hydrogen-bond acceptors (Lipinski definition) is 8. The van der Waals surface area contributed by atoms with Crippen molar-refractivity contribution < 1.29 is 14.1 Å². The van der Waals surface area contributed by atoms with Gasteiger partial charge in [-0.25, -0.2) is 4.68 Å². The van der Waals surface area contributed by atoms with Gasteiger partial charge in [0.15, 0.2) is 5.76 Å². The molecular formula is C17H25N7O3. The lowest BCUT2D eigenvalue weighted by atomic mass is 9.89. The van der Waals surface area contributed by atoms with Gasteiger partial charge >= 0.3 is 0 Å². The molecule has 2 aromatic rings. The van der Waals surface area contributed by atoms with Crippen LogP contribution in [0.3, 0.4) is 0 Å². The van der Waals surface area contributed by atoms with Crippen molar-refractivity contribution in [1.29, 1.82) is 0 Å². The molecule has 0 N–H and O–H groups in total. The van der Waals surface area contributed by atoms with Gasteiger partial charge in [-0.05, 0) is 29.7 Å². The number of tetrazole rings is 1. The Morgan fingerprint density at radius 3 is 2.85 bits per heavy atom. The molecular weight excluding hydrogens is 350 g/mol. The first kappa shape index (κ1) is 18.1. The fourth-order valence-corrected chi connectivity index (χ4v) is 3.79. The predicted octanol–water partition coefficient (Wildman–Crippen LogP) is 0.117. The average Bonchev–Trinajstić information content (AvgIpc) is 3.36. The zero-order valence-electron chi connectivity index (χ0n) is 15.6. The maximum Gasteiger partial charge on any atom is 0.244 e. The van der Waals surface area contributed by atoms with Crippen LogP contribution in [0, 0.1) is 0 Å². The van der Waals surface area contributed by atoms with Gasteiger partial charge in [0, 0.05) is 32.2 Å². The molecule has 0 radical (unpaired) electrons. The second-order valence-electron chi connectivity index (χ2n) is 7.27. The summed E-state index contributed by atoms with van der Waals surface area (Å²) in [5, 5.41) is 15.0. The number of nitrogens with zero attached hydrogens (tertiary/aromatic N) is 7. The van der Waals surface area contributed by atoms with Crippen molar-refractivity contribution in [2.45, 2.75) is 44.9 Å². The molecule has 0 atom stereocenters. The van der Waals surface area contributed by atoms with Crippen LogP contribution in [-0.2, 0) is 29.0 Å². The number of rotatable bonds is 5. The van der Waals surface area contributed by atoms with Gasteiger partial charge in [-0.2, -0.15) is 0 Å². The summed E-state index contributed by atoms with van der Waals surface area (Å²) < 4.78 is 13.0. The van der Waals surface area contributed by atoms with Crippen molar-refractivity contribution in [3.8, 4) is 0 Å². The summed E-state index contributed by atoms with van der Waals surface area (Å²) in [4.78, 5) is 16.8. The molecule has 2 aromatic heterocycles. The normalized spacial score (nSPS) is 20.3. The fraction of sp³-hybridized carbons (Fsp3) is 0.706. The minimum atomic E-state index is -0.249. The molecule has 27 heavy (non-hydrogen) atoms. The number of carbonyl (C=O) groups is 1. The minimum absolute atomic E-state index is 0.0289. The van der Waals surface area contributed by atoms with Crippen molar-refractivity contribution in [3.63, 3.8) is 0 Å². The monoisotopic (exact) mass is 375 g/mol. The van der Waals surface area contributed by atoms with E-state index in [9.17, 15) is 4.79 Å². The summed E-state index contributed by atoms with van der Waals surface area (Å²) in [7, 11) is 0. The van der Waals surface area contributed by atoms with Gasteiger partial charge in [0.1, 0.15) is 12.9 Å². The molecule has 4 heterocycles. The second-order valence-corrected chi connectivity index (χ2v) is 7.27. The number of piperidine rings is 1. The van der Waals surface area contributed by atoms with E-state index in [0.717, 1.165) is 50.4 Å². The van der Waals surface area contributed by atoms with E-state index >= 15 is 0 Å². The highest BCUT2D eigenvalue weighted by atomic mass is 16.5. The molecule has 2 fully saturated rings. The number of carbonyl (C=O) groups excluding carboxylic acids is 1. The maximum absolute atomic E-state index is 12.6. The Bertz CT molecular complexity index is 752. The molecule has 2 aliphatic rings. The summed E-state index contributed by atoms with van der Waals surface area (Å²) in [6.07, 6.45) is 4.14. The van der Waals surface area contributed by atoms with Crippen LogP contribution in [0.4, 0.5) is 0 Å². The third-order valence-corrected chi connectivity index (χ3v) is 5.41. The molecule has 1 spiro atoms. The second kappa shape index (κ2) is 7.73. The Labute approximate surface area is 157 Å². The van der Waals surface area contributed by atoms with E-state index < -0.39 is 0 Å². The first-order valence-corrected chi connectivity index (χ1v) is 9.45. The Balaban J connectivity index is 1.31. The minimum Gasteiger partial charge on any atom is -0.371 e. The van der Waals surface area contributed by atoms with Crippen LogP contribution in [0.25, 0.3) is 0 Å². The number of ether oxygens (including phenoxy) is 1. The van der Waals surface area contributed by atoms with E-state index in [1.54, 1.807) is 0 Å². The highest BCUT2D eigenvalue weighted by Crippen LogP contribution is 2.31. The van der Waals surface area contributed by atoms with Crippen LogP contribution in [0.1, 0.15) is 31.2 Å². The molecule has 10 nitrogen and oxygen atoms in total. The van der Waals surface area contributed by atoms with Crippen molar-refractivity contribution in [3.05, 3.63) is 23.8 Å². The van der Waals surface area contributed by atoms with Crippen molar-refractivity contribution >= 4 is 5.91 Å². The van der Waals surface area contributed by atoms with Gasteiger partial charge in [0.05, 0.1) is 24.4 Å². The van der Waals surface area contributed by atoms with Gasteiger partial charge < -0.3 is 14.2 Å². The average molecular weight is 375 g/mol. The van der Waals surface area contributed by atoms with Crippen molar-refractivity contribution in [2.24, 2.45) is 0 Å². The molecule has 0 unspecified atom stereocenters. The third-order valence-electron chi connectivity index (χ3n) is 5.41. The first-order valence-electron chi connectivity index (χ1n) is 9.45. The van der Waals surface area contributed by atoms with Crippen LogP contribution in [0.5, 0.6) is 0 Å². The highest BCUT2D eigenvalue weighted by Gasteiger charge is 2.41. The molecule has 0 aliphatic carbocycles. The molecule has 10 heteroatoms. The summed E-state index contributed by atoms with van der Waals surface area (Å²) in [5.41, 5.74) is 0.743. The van der Waals surface area contributed by atoms with Crippen molar-refractivity contribution in [1.82, 2.24) is 35.2 Å².